The molecule has 2 amide bonds. The second kappa shape index (κ2) is 8.23. The fourth-order valence-corrected chi connectivity index (χ4v) is 1.43. The number of amides is 2. The van der Waals surface area contributed by atoms with E-state index in [-0.39, 0.29) is 12.3 Å². The summed E-state index contributed by atoms with van der Waals surface area (Å²) in [4.78, 5) is 11.6. The van der Waals surface area contributed by atoms with E-state index in [0.717, 1.165) is 0 Å². The number of carbonyl (C=O) groups is 1. The fraction of sp³-hybridized carbons (Fsp3) is 0.462. The van der Waals surface area contributed by atoms with Crippen LogP contribution in [0.15, 0.2) is 24.3 Å². The molecule has 3 N–H and O–H groups in total. The Balaban J connectivity index is 2.32. The lowest BCUT2D eigenvalue weighted by molar-refractivity contribution is -0.0972. The van der Waals surface area contributed by atoms with Crippen molar-refractivity contribution in [2.45, 2.75) is 19.4 Å². The molecule has 7 heteroatoms. The zero-order valence-electron chi connectivity index (χ0n) is 11.8. The van der Waals surface area contributed by atoms with Crippen LogP contribution in [0, 0.1) is 0 Å². The molecule has 0 spiro atoms. The number of phenolic OH excluding ortho intramolecular Hbond substituents is 1. The number of phenols is 1. The number of carbonyl (C=O) groups excluding carboxylic acids is 1. The van der Waals surface area contributed by atoms with Crippen molar-refractivity contribution in [2.24, 2.45) is 0 Å². The first-order chi connectivity index (χ1) is 9.55. The van der Waals surface area contributed by atoms with Crippen molar-refractivity contribution in [2.75, 3.05) is 20.8 Å². The zero-order valence-corrected chi connectivity index (χ0v) is 11.8. The van der Waals surface area contributed by atoms with E-state index in [1.165, 1.54) is 26.4 Å². The van der Waals surface area contributed by atoms with Crippen molar-refractivity contribution in [3.63, 3.8) is 0 Å². The van der Waals surface area contributed by atoms with Crippen molar-refractivity contribution in [3.8, 4) is 11.5 Å². The Morgan fingerprint density at radius 3 is 2.40 bits per heavy atom. The maximum atomic E-state index is 11.6. The van der Waals surface area contributed by atoms with E-state index in [1.54, 1.807) is 19.1 Å². The van der Waals surface area contributed by atoms with E-state index in [4.69, 9.17) is 19.3 Å². The van der Waals surface area contributed by atoms with E-state index >= 15 is 0 Å². The average Bonchev–Trinajstić information content (AvgIpc) is 2.42. The van der Waals surface area contributed by atoms with Crippen LogP contribution >= 0.6 is 0 Å². The largest absolute Gasteiger partial charge is 0.508 e. The summed E-state index contributed by atoms with van der Waals surface area (Å²) in [6, 6.07) is 5.83. The third-order valence-corrected chi connectivity index (χ3v) is 2.44. The van der Waals surface area contributed by atoms with Gasteiger partial charge in [0.05, 0.1) is 6.54 Å². The summed E-state index contributed by atoms with van der Waals surface area (Å²) in [5.74, 6) is 0.697. The minimum Gasteiger partial charge on any atom is -0.508 e. The third kappa shape index (κ3) is 5.77. The standard InChI is InChI=1S/C13H20N2O5/c1-9(20-11-6-4-10(16)5-7-11)15-13(17)14-8-12(18-2)19-3/h4-7,9,12,16H,8H2,1-3H3,(H2,14,15,17). The van der Waals surface area contributed by atoms with Crippen molar-refractivity contribution < 1.29 is 24.1 Å². The number of rotatable bonds is 7. The zero-order chi connectivity index (χ0) is 15.0. The number of ether oxygens (including phenoxy) is 3. The Morgan fingerprint density at radius 2 is 1.85 bits per heavy atom. The molecule has 0 heterocycles. The number of nitrogens with one attached hydrogen (secondary N) is 2. The smallest absolute Gasteiger partial charge is 0.317 e. The lowest BCUT2D eigenvalue weighted by Crippen LogP contribution is -2.46. The molecule has 1 aromatic carbocycles. The molecule has 0 saturated carbocycles. The SMILES string of the molecule is COC(CNC(=O)NC(C)Oc1ccc(O)cc1)OC. The summed E-state index contributed by atoms with van der Waals surface area (Å²) in [7, 11) is 2.98. The summed E-state index contributed by atoms with van der Waals surface area (Å²) in [5, 5.41) is 14.3. The van der Waals surface area contributed by atoms with Gasteiger partial charge in [-0.05, 0) is 31.2 Å². The topological polar surface area (TPSA) is 89.1 Å². The molecule has 0 aliphatic rings. The maximum absolute atomic E-state index is 11.6. The quantitative estimate of drug-likeness (QED) is 0.651. The summed E-state index contributed by atoms with van der Waals surface area (Å²) in [5.41, 5.74) is 0. The van der Waals surface area contributed by atoms with Gasteiger partial charge < -0.3 is 30.0 Å². The van der Waals surface area contributed by atoms with Gasteiger partial charge in [0.2, 0.25) is 0 Å². The first kappa shape index (κ1) is 16.1. The average molecular weight is 284 g/mol. The number of methoxy groups -OCH3 is 2. The lowest BCUT2D eigenvalue weighted by atomic mass is 10.3. The van der Waals surface area contributed by atoms with Gasteiger partial charge in [-0.2, -0.15) is 0 Å². The van der Waals surface area contributed by atoms with Crippen LogP contribution in [0.2, 0.25) is 0 Å². The minimum absolute atomic E-state index is 0.154. The molecule has 7 nitrogen and oxygen atoms in total. The number of hydrogen-bond acceptors (Lipinski definition) is 5. The van der Waals surface area contributed by atoms with E-state index in [9.17, 15) is 4.79 Å². The highest BCUT2D eigenvalue weighted by molar-refractivity contribution is 5.74. The van der Waals surface area contributed by atoms with Crippen molar-refractivity contribution in [1.82, 2.24) is 10.6 Å². The number of aromatic hydroxyl groups is 1. The first-order valence-corrected chi connectivity index (χ1v) is 6.10. The molecular weight excluding hydrogens is 264 g/mol. The fourth-order valence-electron chi connectivity index (χ4n) is 1.43. The summed E-state index contributed by atoms with van der Waals surface area (Å²) in [6.07, 6.45) is -1.02. The molecule has 112 valence electrons. The van der Waals surface area contributed by atoms with E-state index < -0.39 is 18.5 Å². The van der Waals surface area contributed by atoms with Crippen LogP contribution in [0.1, 0.15) is 6.92 Å². The van der Waals surface area contributed by atoms with E-state index in [2.05, 4.69) is 10.6 Å². The van der Waals surface area contributed by atoms with Crippen LogP contribution in [0.25, 0.3) is 0 Å². The van der Waals surface area contributed by atoms with Gasteiger partial charge in [0.15, 0.2) is 12.5 Å². The highest BCUT2D eigenvalue weighted by Gasteiger charge is 2.11. The summed E-state index contributed by atoms with van der Waals surface area (Å²) < 4.78 is 15.3. The predicted molar refractivity (Wildman–Crippen MR) is 72.5 cm³/mol. The Bertz CT molecular complexity index is 406. The Morgan fingerprint density at radius 1 is 1.25 bits per heavy atom. The highest BCUT2D eigenvalue weighted by atomic mass is 16.7. The van der Waals surface area contributed by atoms with E-state index in [0.29, 0.717) is 5.75 Å². The van der Waals surface area contributed by atoms with Gasteiger partial charge in [-0.1, -0.05) is 0 Å². The number of benzene rings is 1. The molecule has 1 aromatic rings. The van der Waals surface area contributed by atoms with Gasteiger partial charge in [-0.3, -0.25) is 0 Å². The predicted octanol–water partition coefficient (Wildman–Crippen LogP) is 1.04. The van der Waals surface area contributed by atoms with Gasteiger partial charge >= 0.3 is 6.03 Å². The number of hydrogen-bond donors (Lipinski definition) is 3. The van der Waals surface area contributed by atoms with Crippen LogP contribution in [-0.4, -0.2) is 44.4 Å². The maximum Gasteiger partial charge on any atom is 0.317 e. The molecular formula is C13H20N2O5. The summed E-state index contributed by atoms with van der Waals surface area (Å²) >= 11 is 0. The van der Waals surface area contributed by atoms with Crippen LogP contribution < -0.4 is 15.4 Å². The monoisotopic (exact) mass is 284 g/mol. The summed E-state index contributed by atoms with van der Waals surface area (Å²) in [6.45, 7) is 1.92. The highest BCUT2D eigenvalue weighted by Crippen LogP contribution is 2.16. The van der Waals surface area contributed by atoms with Crippen LogP contribution in [0.5, 0.6) is 11.5 Å². The molecule has 1 atom stereocenters. The van der Waals surface area contributed by atoms with Crippen LogP contribution in [-0.2, 0) is 9.47 Å². The molecule has 0 aliphatic heterocycles. The molecule has 0 bridgehead atoms. The normalized spacial score (nSPS) is 12.0. The van der Waals surface area contributed by atoms with Gasteiger partial charge in [0.25, 0.3) is 0 Å². The molecule has 20 heavy (non-hydrogen) atoms. The third-order valence-electron chi connectivity index (χ3n) is 2.44. The molecule has 1 rings (SSSR count). The van der Waals surface area contributed by atoms with Crippen LogP contribution in [0.4, 0.5) is 4.79 Å². The molecule has 0 radical (unpaired) electrons. The molecule has 1 unspecified atom stereocenters. The van der Waals surface area contributed by atoms with Gasteiger partial charge in [0, 0.05) is 14.2 Å². The second-order valence-electron chi connectivity index (χ2n) is 4.01. The number of urea groups is 1. The molecule has 0 saturated heterocycles. The molecule has 0 aromatic heterocycles. The van der Waals surface area contributed by atoms with Gasteiger partial charge in [0.1, 0.15) is 11.5 Å². The molecule has 0 fully saturated rings. The Kier molecular flexibility index (Phi) is 6.61. The van der Waals surface area contributed by atoms with Crippen molar-refractivity contribution >= 4 is 6.03 Å². The van der Waals surface area contributed by atoms with E-state index in [1.807, 2.05) is 0 Å². The first-order valence-electron chi connectivity index (χ1n) is 6.10. The Labute approximate surface area is 117 Å². The second-order valence-corrected chi connectivity index (χ2v) is 4.01. The van der Waals surface area contributed by atoms with Gasteiger partial charge in [-0.25, -0.2) is 4.79 Å². The lowest BCUT2D eigenvalue weighted by Gasteiger charge is -2.18. The van der Waals surface area contributed by atoms with Crippen molar-refractivity contribution in [1.29, 1.82) is 0 Å². The molecule has 0 aliphatic carbocycles. The van der Waals surface area contributed by atoms with Crippen LogP contribution in [0.3, 0.4) is 0 Å². The van der Waals surface area contributed by atoms with Crippen molar-refractivity contribution in [3.05, 3.63) is 24.3 Å². The van der Waals surface area contributed by atoms with Gasteiger partial charge in [-0.15, -0.1) is 0 Å². The Hall–Kier alpha value is -1.99. The minimum atomic E-state index is -0.525.